The molecule has 4 unspecified atom stereocenters. The number of hydrogen-bond donors (Lipinski definition) is 4. The Bertz CT molecular complexity index is 1190. The average Bonchev–Trinajstić information content (AvgIpc) is 3.24. The number of carbonyl (C=O) groups excluding carboxylic acids is 1. The maximum atomic E-state index is 11.3. The first-order valence-corrected chi connectivity index (χ1v) is 13.9. The SMILES string of the molecule is CC(=N)N(C(=N)C1CN(c2ncc(C(=O)O)cn2)C1)C(C)CC1CCC(C)N1CCC(NC=O)c1ccccc1. The highest BCUT2D eigenvalue weighted by atomic mass is 16.4. The Hall–Kier alpha value is -3.86. The fraction of sp³-hybridized carbons (Fsp3) is 0.517. The summed E-state index contributed by atoms with van der Waals surface area (Å²) in [6.45, 7) is 8.06. The van der Waals surface area contributed by atoms with E-state index in [-0.39, 0.29) is 23.6 Å². The quantitative estimate of drug-likeness (QED) is 0.179. The lowest BCUT2D eigenvalue weighted by molar-refractivity contribution is -0.110. The van der Waals surface area contributed by atoms with Crippen LogP contribution in [0.5, 0.6) is 0 Å². The van der Waals surface area contributed by atoms with Crippen LogP contribution in [0.15, 0.2) is 42.7 Å². The molecule has 2 fully saturated rings. The van der Waals surface area contributed by atoms with Crippen molar-refractivity contribution in [2.45, 2.75) is 70.6 Å². The second-order valence-electron chi connectivity index (χ2n) is 11.0. The summed E-state index contributed by atoms with van der Waals surface area (Å²) in [6, 6.07) is 10.8. The Morgan fingerprint density at radius 2 is 1.88 bits per heavy atom. The molecule has 2 aliphatic rings. The third-order valence-electron chi connectivity index (χ3n) is 8.21. The Kier molecular flexibility index (Phi) is 9.46. The number of anilines is 1. The van der Waals surface area contributed by atoms with E-state index in [9.17, 15) is 9.59 Å². The molecule has 0 spiro atoms. The van der Waals surface area contributed by atoms with Gasteiger partial charge in [-0.25, -0.2) is 14.8 Å². The number of rotatable bonds is 12. The number of benzene rings is 1. The molecule has 0 saturated carbocycles. The topological polar surface area (TPSA) is 150 Å². The van der Waals surface area contributed by atoms with Gasteiger partial charge in [0.2, 0.25) is 12.4 Å². The smallest absolute Gasteiger partial charge is 0.338 e. The van der Waals surface area contributed by atoms with Gasteiger partial charge in [-0.05, 0) is 52.0 Å². The number of aromatic carboxylic acids is 1. The van der Waals surface area contributed by atoms with Gasteiger partial charge in [0.25, 0.3) is 0 Å². The molecule has 1 amide bonds. The van der Waals surface area contributed by atoms with E-state index < -0.39 is 5.97 Å². The molecule has 0 aliphatic carbocycles. The number of carboxylic acid groups (broad SMARTS) is 1. The van der Waals surface area contributed by atoms with E-state index in [4.69, 9.17) is 15.9 Å². The normalized spacial score (nSPS) is 20.8. The standard InChI is InChI=1S/C29H40N8O3/c1-19-9-10-25(36(19)12-11-26(34-18-38)22-7-5-4-6-8-22)13-20(2)37(21(3)30)27(31)24-16-35(17-24)29-32-14-23(15-33-29)28(39)40/h4-8,14-15,18-20,24-26,30-31H,9-13,16-17H2,1-3H3,(H,34,38)(H,39,40). The molecule has 4 atom stereocenters. The van der Waals surface area contributed by atoms with Crippen LogP contribution in [0.2, 0.25) is 0 Å². The summed E-state index contributed by atoms with van der Waals surface area (Å²) in [5, 5.41) is 29.4. The van der Waals surface area contributed by atoms with Crippen molar-refractivity contribution < 1.29 is 14.7 Å². The molecule has 11 heteroatoms. The Labute approximate surface area is 235 Å². The molecule has 0 radical (unpaired) electrons. The molecule has 4 N–H and O–H groups in total. The molecule has 40 heavy (non-hydrogen) atoms. The monoisotopic (exact) mass is 548 g/mol. The lowest BCUT2D eigenvalue weighted by atomic mass is 9.95. The van der Waals surface area contributed by atoms with Crippen molar-refractivity contribution in [1.82, 2.24) is 25.1 Å². The van der Waals surface area contributed by atoms with Gasteiger partial charge in [0, 0.05) is 50.2 Å². The number of nitrogens with one attached hydrogen (secondary N) is 3. The zero-order valence-electron chi connectivity index (χ0n) is 23.5. The second-order valence-corrected chi connectivity index (χ2v) is 11.0. The first-order valence-electron chi connectivity index (χ1n) is 13.9. The van der Waals surface area contributed by atoms with Crippen LogP contribution in [-0.4, -0.2) is 86.7 Å². The first-order chi connectivity index (χ1) is 19.2. The summed E-state index contributed by atoms with van der Waals surface area (Å²) in [7, 11) is 0. The van der Waals surface area contributed by atoms with Crippen LogP contribution < -0.4 is 10.2 Å². The highest BCUT2D eigenvalue weighted by molar-refractivity contribution is 5.99. The number of hydrogen-bond acceptors (Lipinski definition) is 8. The van der Waals surface area contributed by atoms with Crippen LogP contribution in [0.3, 0.4) is 0 Å². The van der Waals surface area contributed by atoms with Gasteiger partial charge in [0.1, 0.15) is 5.84 Å². The minimum Gasteiger partial charge on any atom is -0.478 e. The van der Waals surface area contributed by atoms with E-state index >= 15 is 0 Å². The molecular formula is C29H40N8O3. The lowest BCUT2D eigenvalue weighted by Crippen LogP contribution is -2.57. The minimum absolute atomic E-state index is 0.0130. The number of amidine groups is 2. The molecule has 1 aromatic carbocycles. The molecule has 2 aromatic rings. The number of aromatic nitrogens is 2. The number of likely N-dealkylation sites (tertiary alicyclic amines) is 1. The molecule has 4 rings (SSSR count). The largest absolute Gasteiger partial charge is 0.478 e. The molecule has 0 bridgehead atoms. The Morgan fingerprint density at radius 3 is 2.48 bits per heavy atom. The molecule has 214 valence electrons. The van der Waals surface area contributed by atoms with Gasteiger partial charge in [0.05, 0.1) is 23.4 Å². The molecule has 2 saturated heterocycles. The zero-order chi connectivity index (χ0) is 28.8. The predicted octanol–water partition coefficient (Wildman–Crippen LogP) is 3.40. The van der Waals surface area contributed by atoms with E-state index in [0.29, 0.717) is 42.8 Å². The van der Waals surface area contributed by atoms with Gasteiger partial charge < -0.3 is 20.2 Å². The van der Waals surface area contributed by atoms with Gasteiger partial charge in [-0.2, -0.15) is 0 Å². The van der Waals surface area contributed by atoms with E-state index in [0.717, 1.165) is 44.2 Å². The first kappa shape index (κ1) is 29.1. The van der Waals surface area contributed by atoms with Crippen molar-refractivity contribution in [3.8, 4) is 0 Å². The second kappa shape index (κ2) is 13.0. The Balaban J connectivity index is 1.35. The van der Waals surface area contributed by atoms with Gasteiger partial charge in [0.15, 0.2) is 0 Å². The van der Waals surface area contributed by atoms with Gasteiger partial charge in [-0.3, -0.25) is 20.5 Å². The predicted molar refractivity (Wildman–Crippen MR) is 154 cm³/mol. The van der Waals surface area contributed by atoms with Crippen molar-refractivity contribution in [2.75, 3.05) is 24.5 Å². The lowest BCUT2D eigenvalue weighted by Gasteiger charge is -2.44. The number of amides is 1. The maximum absolute atomic E-state index is 11.3. The van der Waals surface area contributed by atoms with Crippen molar-refractivity contribution in [3.63, 3.8) is 0 Å². The summed E-state index contributed by atoms with van der Waals surface area (Å²) >= 11 is 0. The van der Waals surface area contributed by atoms with Gasteiger partial charge in [-0.1, -0.05) is 30.3 Å². The summed E-state index contributed by atoms with van der Waals surface area (Å²) in [4.78, 5) is 36.9. The van der Waals surface area contributed by atoms with Crippen LogP contribution in [0.4, 0.5) is 5.95 Å². The molecular weight excluding hydrogens is 508 g/mol. The van der Waals surface area contributed by atoms with Crippen LogP contribution in [0.25, 0.3) is 0 Å². The Morgan fingerprint density at radius 1 is 1.20 bits per heavy atom. The van der Waals surface area contributed by atoms with Crippen LogP contribution >= 0.6 is 0 Å². The zero-order valence-corrected chi connectivity index (χ0v) is 23.5. The summed E-state index contributed by atoms with van der Waals surface area (Å²) < 4.78 is 0. The molecule has 3 heterocycles. The van der Waals surface area contributed by atoms with Crippen molar-refractivity contribution in [2.24, 2.45) is 5.92 Å². The van der Waals surface area contributed by atoms with Crippen LogP contribution in [-0.2, 0) is 4.79 Å². The minimum atomic E-state index is -1.07. The van der Waals surface area contributed by atoms with Gasteiger partial charge >= 0.3 is 5.97 Å². The van der Waals surface area contributed by atoms with Crippen molar-refractivity contribution >= 4 is 30.0 Å². The van der Waals surface area contributed by atoms with Crippen molar-refractivity contribution in [3.05, 3.63) is 53.9 Å². The highest BCUT2D eigenvalue weighted by Gasteiger charge is 2.38. The summed E-state index contributed by atoms with van der Waals surface area (Å²) in [5.74, 6) is 0.119. The number of carboxylic acids is 1. The van der Waals surface area contributed by atoms with E-state index in [2.05, 4.69) is 34.0 Å². The summed E-state index contributed by atoms with van der Waals surface area (Å²) in [5.41, 5.74) is 1.14. The highest BCUT2D eigenvalue weighted by Crippen LogP contribution is 2.31. The maximum Gasteiger partial charge on any atom is 0.338 e. The number of carbonyl (C=O) groups is 2. The fourth-order valence-electron chi connectivity index (χ4n) is 6.03. The van der Waals surface area contributed by atoms with Crippen molar-refractivity contribution in [1.29, 1.82) is 10.8 Å². The van der Waals surface area contributed by atoms with Gasteiger partial charge in [-0.15, -0.1) is 0 Å². The molecule has 2 aliphatic heterocycles. The number of nitrogens with zero attached hydrogens (tertiary/aromatic N) is 5. The summed E-state index contributed by atoms with van der Waals surface area (Å²) in [6.07, 6.45) is 7.20. The van der Waals surface area contributed by atoms with E-state index in [1.165, 1.54) is 12.4 Å². The van der Waals surface area contributed by atoms with Crippen LogP contribution in [0.1, 0.15) is 68.4 Å². The third-order valence-corrected chi connectivity index (χ3v) is 8.21. The fourth-order valence-corrected chi connectivity index (χ4v) is 6.03. The van der Waals surface area contributed by atoms with E-state index in [1.54, 1.807) is 6.92 Å². The van der Waals surface area contributed by atoms with E-state index in [1.807, 2.05) is 40.1 Å². The third kappa shape index (κ3) is 6.64. The van der Waals surface area contributed by atoms with Crippen LogP contribution in [0, 0.1) is 16.7 Å². The average molecular weight is 549 g/mol. The molecule has 11 nitrogen and oxygen atoms in total. The molecule has 1 aromatic heterocycles.